The normalized spacial score (nSPS) is 10.4. The van der Waals surface area contributed by atoms with E-state index in [0.717, 1.165) is 6.42 Å². The summed E-state index contributed by atoms with van der Waals surface area (Å²) in [6.45, 7) is 2.58. The molecule has 2 aromatic rings. The highest BCUT2D eigenvalue weighted by Crippen LogP contribution is 2.07. The number of fused-ring (bicyclic) bond motifs is 1. The molecule has 1 heterocycles. The number of aromatic nitrogens is 1. The largest absolute Gasteiger partial charge is 0.351 e. The van der Waals surface area contributed by atoms with Crippen molar-refractivity contribution in [2.24, 2.45) is 0 Å². The van der Waals surface area contributed by atoms with Gasteiger partial charge in [0.2, 0.25) is 0 Å². The predicted molar refractivity (Wildman–Crippen MR) is 67.2 cm³/mol. The minimum absolute atomic E-state index is 0.138. The van der Waals surface area contributed by atoms with Crippen LogP contribution >= 0.6 is 0 Å². The van der Waals surface area contributed by atoms with Gasteiger partial charge in [-0.1, -0.05) is 19.1 Å². The van der Waals surface area contributed by atoms with Crippen molar-refractivity contribution in [1.82, 2.24) is 10.3 Å². The molecule has 0 atom stereocenters. The molecule has 1 amide bonds. The SMILES string of the molecule is CCCNC(=O)c1cc(=O)c2ccccc2[nH]1. The molecule has 0 unspecified atom stereocenters. The van der Waals surface area contributed by atoms with E-state index in [1.54, 1.807) is 18.2 Å². The van der Waals surface area contributed by atoms with Crippen LogP contribution in [-0.2, 0) is 0 Å². The Balaban J connectivity index is 2.43. The van der Waals surface area contributed by atoms with Crippen LogP contribution in [0.4, 0.5) is 0 Å². The minimum Gasteiger partial charge on any atom is -0.351 e. The van der Waals surface area contributed by atoms with E-state index in [2.05, 4.69) is 10.3 Å². The number of amides is 1. The van der Waals surface area contributed by atoms with Crippen molar-refractivity contribution in [2.45, 2.75) is 13.3 Å². The van der Waals surface area contributed by atoms with Gasteiger partial charge in [0.25, 0.3) is 5.91 Å². The molecule has 17 heavy (non-hydrogen) atoms. The van der Waals surface area contributed by atoms with Gasteiger partial charge >= 0.3 is 0 Å². The number of rotatable bonds is 3. The molecule has 0 aliphatic carbocycles. The van der Waals surface area contributed by atoms with Crippen LogP contribution in [0.3, 0.4) is 0 Å². The molecule has 0 aliphatic rings. The number of nitrogens with one attached hydrogen (secondary N) is 2. The quantitative estimate of drug-likeness (QED) is 0.842. The summed E-state index contributed by atoms with van der Waals surface area (Å²) in [5.74, 6) is -0.241. The zero-order valence-electron chi connectivity index (χ0n) is 9.62. The first-order chi connectivity index (χ1) is 8.22. The van der Waals surface area contributed by atoms with Crippen molar-refractivity contribution in [3.05, 3.63) is 46.2 Å². The topological polar surface area (TPSA) is 62.0 Å². The van der Waals surface area contributed by atoms with E-state index in [1.165, 1.54) is 6.07 Å². The lowest BCUT2D eigenvalue weighted by Gasteiger charge is -2.04. The molecule has 0 spiro atoms. The number of benzene rings is 1. The number of pyridine rings is 1. The lowest BCUT2D eigenvalue weighted by Crippen LogP contribution is -2.26. The highest BCUT2D eigenvalue weighted by molar-refractivity contribution is 5.94. The summed E-state index contributed by atoms with van der Waals surface area (Å²) in [4.78, 5) is 26.5. The van der Waals surface area contributed by atoms with Gasteiger partial charge in [-0.15, -0.1) is 0 Å². The summed E-state index contributed by atoms with van der Waals surface area (Å²) in [7, 11) is 0. The monoisotopic (exact) mass is 230 g/mol. The molecular weight excluding hydrogens is 216 g/mol. The summed E-state index contributed by atoms with van der Waals surface area (Å²) in [6, 6.07) is 8.49. The van der Waals surface area contributed by atoms with E-state index in [1.807, 2.05) is 13.0 Å². The molecule has 2 rings (SSSR count). The van der Waals surface area contributed by atoms with E-state index in [0.29, 0.717) is 23.1 Å². The average Bonchev–Trinajstić information content (AvgIpc) is 2.36. The second-order valence-corrected chi connectivity index (χ2v) is 3.85. The lowest BCUT2D eigenvalue weighted by atomic mass is 10.2. The fourth-order valence-corrected chi connectivity index (χ4v) is 1.65. The maximum Gasteiger partial charge on any atom is 0.267 e. The van der Waals surface area contributed by atoms with E-state index in [-0.39, 0.29) is 11.3 Å². The molecule has 0 saturated carbocycles. The molecule has 88 valence electrons. The molecule has 4 heteroatoms. The predicted octanol–water partition coefficient (Wildman–Crippen LogP) is 1.67. The molecule has 0 bridgehead atoms. The van der Waals surface area contributed by atoms with Crippen molar-refractivity contribution in [1.29, 1.82) is 0 Å². The molecule has 1 aromatic carbocycles. The van der Waals surface area contributed by atoms with Crippen LogP contribution in [0.2, 0.25) is 0 Å². The molecule has 0 saturated heterocycles. The summed E-state index contributed by atoms with van der Waals surface area (Å²) in [5, 5.41) is 3.33. The third kappa shape index (κ3) is 2.36. The first-order valence-corrected chi connectivity index (χ1v) is 5.62. The third-order valence-electron chi connectivity index (χ3n) is 2.52. The smallest absolute Gasteiger partial charge is 0.267 e. The van der Waals surface area contributed by atoms with E-state index < -0.39 is 0 Å². The summed E-state index contributed by atoms with van der Waals surface area (Å²) in [6.07, 6.45) is 0.865. The van der Waals surface area contributed by atoms with Gasteiger partial charge < -0.3 is 10.3 Å². The van der Waals surface area contributed by atoms with Crippen LogP contribution in [0.1, 0.15) is 23.8 Å². The Hall–Kier alpha value is -2.10. The summed E-state index contributed by atoms with van der Waals surface area (Å²) >= 11 is 0. The summed E-state index contributed by atoms with van der Waals surface area (Å²) in [5.41, 5.74) is 0.852. The first kappa shape index (κ1) is 11.4. The van der Waals surface area contributed by atoms with Crippen molar-refractivity contribution >= 4 is 16.8 Å². The Bertz CT molecular complexity index is 602. The van der Waals surface area contributed by atoms with Crippen LogP contribution in [0.15, 0.2) is 35.1 Å². The van der Waals surface area contributed by atoms with Gasteiger partial charge in [-0.2, -0.15) is 0 Å². The maximum absolute atomic E-state index is 11.8. The van der Waals surface area contributed by atoms with Gasteiger partial charge in [-0.05, 0) is 18.6 Å². The second kappa shape index (κ2) is 4.82. The number of carbonyl (C=O) groups excluding carboxylic acids is 1. The number of aromatic amines is 1. The van der Waals surface area contributed by atoms with Gasteiger partial charge in [0.15, 0.2) is 5.43 Å². The Morgan fingerprint density at radius 3 is 2.88 bits per heavy atom. The molecule has 0 fully saturated rings. The van der Waals surface area contributed by atoms with Crippen LogP contribution in [0.5, 0.6) is 0 Å². The van der Waals surface area contributed by atoms with Gasteiger partial charge in [-0.3, -0.25) is 9.59 Å². The standard InChI is InChI=1S/C13H14N2O2/c1-2-7-14-13(17)11-8-12(16)9-5-3-4-6-10(9)15-11/h3-6,8H,2,7H2,1H3,(H,14,17)(H,15,16). The maximum atomic E-state index is 11.8. The Morgan fingerprint density at radius 2 is 2.12 bits per heavy atom. The van der Waals surface area contributed by atoms with Gasteiger partial charge in [0.1, 0.15) is 5.69 Å². The first-order valence-electron chi connectivity index (χ1n) is 5.62. The van der Waals surface area contributed by atoms with Gasteiger partial charge in [0.05, 0.1) is 0 Å². The van der Waals surface area contributed by atoms with E-state index in [9.17, 15) is 9.59 Å². The molecule has 4 nitrogen and oxygen atoms in total. The number of para-hydroxylation sites is 1. The summed E-state index contributed by atoms with van der Waals surface area (Å²) < 4.78 is 0. The lowest BCUT2D eigenvalue weighted by molar-refractivity contribution is 0.0949. The van der Waals surface area contributed by atoms with Crippen molar-refractivity contribution in [3.63, 3.8) is 0 Å². The number of carbonyl (C=O) groups is 1. The van der Waals surface area contributed by atoms with Gasteiger partial charge in [0, 0.05) is 23.5 Å². The third-order valence-corrected chi connectivity index (χ3v) is 2.52. The van der Waals surface area contributed by atoms with Gasteiger partial charge in [-0.25, -0.2) is 0 Å². The fourth-order valence-electron chi connectivity index (χ4n) is 1.65. The molecule has 0 radical (unpaired) electrons. The Morgan fingerprint density at radius 1 is 1.35 bits per heavy atom. The van der Waals surface area contributed by atoms with E-state index in [4.69, 9.17) is 0 Å². The molecule has 1 aromatic heterocycles. The zero-order valence-corrected chi connectivity index (χ0v) is 9.62. The number of H-pyrrole nitrogens is 1. The zero-order chi connectivity index (χ0) is 12.3. The van der Waals surface area contributed by atoms with Crippen molar-refractivity contribution < 1.29 is 4.79 Å². The highest BCUT2D eigenvalue weighted by atomic mass is 16.2. The molecule has 2 N–H and O–H groups in total. The van der Waals surface area contributed by atoms with Crippen LogP contribution in [-0.4, -0.2) is 17.4 Å². The van der Waals surface area contributed by atoms with Crippen LogP contribution in [0.25, 0.3) is 10.9 Å². The fraction of sp³-hybridized carbons (Fsp3) is 0.231. The molecule has 0 aliphatic heterocycles. The van der Waals surface area contributed by atoms with Crippen LogP contribution in [0, 0.1) is 0 Å². The van der Waals surface area contributed by atoms with E-state index >= 15 is 0 Å². The Kier molecular flexibility index (Phi) is 3.23. The number of hydrogen-bond donors (Lipinski definition) is 2. The Labute approximate surface area is 98.7 Å². The molecular formula is C13H14N2O2. The second-order valence-electron chi connectivity index (χ2n) is 3.85. The van der Waals surface area contributed by atoms with Crippen LogP contribution < -0.4 is 10.7 Å². The number of hydrogen-bond acceptors (Lipinski definition) is 2. The van der Waals surface area contributed by atoms with Crippen molar-refractivity contribution in [2.75, 3.05) is 6.54 Å². The van der Waals surface area contributed by atoms with Crippen molar-refractivity contribution in [3.8, 4) is 0 Å². The highest BCUT2D eigenvalue weighted by Gasteiger charge is 2.08. The minimum atomic E-state index is -0.241. The average molecular weight is 230 g/mol.